The number of carbonyl (C=O) groups excluding carboxylic acids is 2. The second-order valence-electron chi connectivity index (χ2n) is 13.5. The molecule has 0 amide bonds. The van der Waals surface area contributed by atoms with Crippen molar-refractivity contribution in [2.24, 2.45) is 0 Å². The number of rotatable bonds is 30. The molecule has 1 fully saturated rings. The van der Waals surface area contributed by atoms with Gasteiger partial charge in [0.25, 0.3) is 0 Å². The number of carbonyl (C=O) groups is 2. The van der Waals surface area contributed by atoms with Gasteiger partial charge in [-0.25, -0.2) is 4.57 Å². The van der Waals surface area contributed by atoms with Gasteiger partial charge in [0.15, 0.2) is 6.10 Å². The lowest BCUT2D eigenvalue weighted by atomic mass is 9.85. The topological polar surface area (TPSA) is 210 Å². The number of hydrogen-bond acceptors (Lipinski definition) is 12. The number of esters is 2. The molecule has 298 valence electrons. The smallest absolute Gasteiger partial charge is 0.462 e. The minimum Gasteiger partial charge on any atom is -0.462 e. The zero-order valence-corrected chi connectivity index (χ0v) is 31.8. The van der Waals surface area contributed by atoms with E-state index in [0.29, 0.717) is 12.8 Å². The van der Waals surface area contributed by atoms with Gasteiger partial charge in [-0.3, -0.25) is 18.6 Å². The summed E-state index contributed by atoms with van der Waals surface area (Å²) in [7, 11) is -5.10. The normalized spacial score (nSPS) is 24.2. The van der Waals surface area contributed by atoms with E-state index in [9.17, 15) is 44.6 Å². The fourth-order valence-electron chi connectivity index (χ4n) is 5.63. The average Bonchev–Trinajstić information content (AvgIpc) is 3.10. The van der Waals surface area contributed by atoms with Crippen molar-refractivity contribution >= 4 is 19.8 Å². The first-order chi connectivity index (χ1) is 24.4. The highest BCUT2D eigenvalue weighted by atomic mass is 31.2. The Labute approximate surface area is 305 Å². The molecule has 8 atom stereocenters. The van der Waals surface area contributed by atoms with Crippen LogP contribution in [0.4, 0.5) is 0 Å². The summed E-state index contributed by atoms with van der Waals surface area (Å²) in [5.74, 6) is -1.13. The summed E-state index contributed by atoms with van der Waals surface area (Å²) in [6.07, 6.45) is 14.3. The maximum Gasteiger partial charge on any atom is 0.472 e. The Hall–Kier alpha value is -1.67. The van der Waals surface area contributed by atoms with Crippen molar-refractivity contribution in [1.29, 1.82) is 0 Å². The molecule has 0 aliphatic heterocycles. The molecule has 6 N–H and O–H groups in total. The summed E-state index contributed by atoms with van der Waals surface area (Å²) in [5.41, 5.74) is 0. The van der Waals surface area contributed by atoms with Gasteiger partial charge in [0.1, 0.15) is 43.2 Å². The van der Waals surface area contributed by atoms with E-state index in [1.807, 2.05) is 0 Å². The molecule has 0 spiro atoms. The molecular weight excluding hydrogens is 683 g/mol. The average molecular weight is 751 g/mol. The van der Waals surface area contributed by atoms with Crippen molar-refractivity contribution < 1.29 is 63.1 Å². The Morgan fingerprint density at radius 2 is 1.04 bits per heavy atom. The molecule has 1 aliphatic carbocycles. The Morgan fingerprint density at radius 3 is 1.57 bits per heavy atom. The fourth-order valence-corrected chi connectivity index (χ4v) is 6.60. The number of allylic oxidation sites excluding steroid dienone is 4. The third-order valence-corrected chi connectivity index (χ3v) is 9.81. The highest BCUT2D eigenvalue weighted by molar-refractivity contribution is 7.47. The Balaban J connectivity index is 2.51. The van der Waals surface area contributed by atoms with Crippen molar-refractivity contribution in [3.8, 4) is 0 Å². The van der Waals surface area contributed by atoms with Crippen molar-refractivity contribution in [3.63, 3.8) is 0 Å². The van der Waals surface area contributed by atoms with Crippen molar-refractivity contribution in [1.82, 2.24) is 0 Å². The molecule has 0 aromatic rings. The summed E-state index contributed by atoms with van der Waals surface area (Å²) in [6.45, 7) is 3.16. The molecule has 1 rings (SSSR count). The molecule has 0 saturated heterocycles. The van der Waals surface area contributed by atoms with Crippen LogP contribution in [0, 0.1) is 0 Å². The molecule has 0 aromatic carbocycles. The zero-order chi connectivity index (χ0) is 37.9. The predicted octanol–water partition coefficient (Wildman–Crippen LogP) is 5.72. The third kappa shape index (κ3) is 22.2. The Kier molecular flexibility index (Phi) is 26.7. The summed E-state index contributed by atoms with van der Waals surface area (Å²) in [5, 5.41) is 49.8. The molecule has 0 heterocycles. The molecule has 51 heavy (non-hydrogen) atoms. The van der Waals surface area contributed by atoms with Crippen molar-refractivity contribution in [3.05, 3.63) is 24.3 Å². The van der Waals surface area contributed by atoms with Crippen LogP contribution in [0.15, 0.2) is 24.3 Å². The number of aliphatic hydroxyl groups is 5. The zero-order valence-electron chi connectivity index (χ0n) is 30.9. The van der Waals surface area contributed by atoms with Crippen LogP contribution in [0.25, 0.3) is 0 Å². The van der Waals surface area contributed by atoms with Gasteiger partial charge in [0, 0.05) is 12.8 Å². The van der Waals surface area contributed by atoms with Gasteiger partial charge < -0.3 is 39.9 Å². The Morgan fingerprint density at radius 1 is 0.608 bits per heavy atom. The van der Waals surface area contributed by atoms with E-state index in [4.69, 9.17) is 18.5 Å². The van der Waals surface area contributed by atoms with Crippen LogP contribution in [0.1, 0.15) is 142 Å². The fraction of sp³-hybridized carbons (Fsp3) is 0.838. The van der Waals surface area contributed by atoms with E-state index in [2.05, 4.69) is 38.2 Å². The van der Waals surface area contributed by atoms with Gasteiger partial charge in [-0.15, -0.1) is 0 Å². The molecule has 1 aliphatic rings. The van der Waals surface area contributed by atoms with Gasteiger partial charge in [-0.2, -0.15) is 0 Å². The quantitative estimate of drug-likeness (QED) is 0.0225. The second-order valence-corrected chi connectivity index (χ2v) is 14.9. The van der Waals surface area contributed by atoms with Gasteiger partial charge in [-0.1, -0.05) is 115 Å². The van der Waals surface area contributed by atoms with E-state index in [0.717, 1.165) is 77.0 Å². The second kappa shape index (κ2) is 28.8. The predicted molar refractivity (Wildman–Crippen MR) is 193 cm³/mol. The van der Waals surface area contributed by atoms with E-state index in [1.165, 1.54) is 25.7 Å². The standard InChI is InChI=1S/C37H67O13P/c1-3-5-7-9-11-12-13-14-15-16-17-18-20-21-23-25-30(38)47-27-29(49-31(39)26-24-22-19-10-8-6-4-2)28-48-51(45,46)50-37-35(43)33(41)32(40)34(42)36(37)44/h12-15,29,32-37,40-44H,3-11,16-28H2,1-2H3,(H,45,46)/b13-12+,15-14+/t29-,32?,33-,34?,35?,36?,37?/m0/s1. The number of ether oxygens (including phenoxy) is 2. The first-order valence-electron chi connectivity index (χ1n) is 19.2. The highest BCUT2D eigenvalue weighted by Crippen LogP contribution is 2.47. The molecule has 6 unspecified atom stereocenters. The minimum absolute atomic E-state index is 0.0929. The molecule has 13 nitrogen and oxygen atoms in total. The van der Waals surface area contributed by atoms with Crippen LogP contribution < -0.4 is 0 Å². The van der Waals surface area contributed by atoms with Crippen molar-refractivity contribution in [2.75, 3.05) is 13.2 Å². The van der Waals surface area contributed by atoms with Gasteiger partial charge in [-0.05, 0) is 38.5 Å². The van der Waals surface area contributed by atoms with Crippen molar-refractivity contribution in [2.45, 2.75) is 185 Å². The molecule has 0 radical (unpaired) electrons. The van der Waals surface area contributed by atoms with Gasteiger partial charge in [0.05, 0.1) is 6.61 Å². The highest BCUT2D eigenvalue weighted by Gasteiger charge is 2.51. The minimum atomic E-state index is -5.10. The largest absolute Gasteiger partial charge is 0.472 e. The summed E-state index contributed by atoms with van der Waals surface area (Å²) in [4.78, 5) is 35.3. The van der Waals surface area contributed by atoms with E-state index >= 15 is 0 Å². The van der Waals surface area contributed by atoms with Gasteiger partial charge >= 0.3 is 19.8 Å². The number of aliphatic hydroxyl groups excluding tert-OH is 5. The first kappa shape index (κ1) is 47.4. The molecular formula is C37H67O13P. The molecule has 14 heteroatoms. The summed E-state index contributed by atoms with van der Waals surface area (Å²) < 4.78 is 33.2. The number of hydrogen-bond donors (Lipinski definition) is 6. The van der Waals surface area contributed by atoms with Crippen LogP contribution in [0.3, 0.4) is 0 Å². The van der Waals surface area contributed by atoms with E-state index in [-0.39, 0.29) is 12.8 Å². The van der Waals surface area contributed by atoms with Crippen LogP contribution in [-0.2, 0) is 32.7 Å². The van der Waals surface area contributed by atoms with Crippen LogP contribution in [0.5, 0.6) is 0 Å². The number of phosphoric acid groups is 1. The third-order valence-electron chi connectivity index (χ3n) is 8.82. The lowest BCUT2D eigenvalue weighted by molar-refractivity contribution is -0.220. The number of unbranched alkanes of at least 4 members (excludes halogenated alkanes) is 15. The summed E-state index contributed by atoms with van der Waals surface area (Å²) >= 11 is 0. The number of phosphoric ester groups is 1. The SMILES string of the molecule is CCCCCC/C=C/C=C/CCCCCCCC(=O)OC[C@@H](COP(=O)(O)OC1C(O)C(O)C(O)[C@H](O)C1O)OC(=O)CCCCCCCCC. The molecule has 0 aromatic heterocycles. The van der Waals surface area contributed by atoms with Crippen LogP contribution in [0.2, 0.25) is 0 Å². The van der Waals surface area contributed by atoms with E-state index < -0.39 is 75.7 Å². The van der Waals surface area contributed by atoms with Gasteiger partial charge in [0.2, 0.25) is 0 Å². The monoisotopic (exact) mass is 750 g/mol. The summed E-state index contributed by atoms with van der Waals surface area (Å²) in [6, 6.07) is 0. The molecule has 0 bridgehead atoms. The lowest BCUT2D eigenvalue weighted by Crippen LogP contribution is -2.64. The molecule has 1 saturated carbocycles. The van der Waals surface area contributed by atoms with Crippen LogP contribution in [-0.4, -0.2) is 98.3 Å². The van der Waals surface area contributed by atoms with E-state index in [1.54, 1.807) is 0 Å². The van der Waals surface area contributed by atoms with Crippen LogP contribution >= 0.6 is 7.82 Å². The maximum atomic E-state index is 12.7. The lowest BCUT2D eigenvalue weighted by Gasteiger charge is -2.41. The first-order valence-corrected chi connectivity index (χ1v) is 20.7. The maximum absolute atomic E-state index is 12.7. The Bertz CT molecular complexity index is 1010.